The number of ether oxygens (including phenoxy) is 3. The van der Waals surface area contributed by atoms with Crippen molar-refractivity contribution in [3.05, 3.63) is 47.5 Å². The van der Waals surface area contributed by atoms with Crippen molar-refractivity contribution in [2.45, 2.75) is 52.6 Å². The Balaban J connectivity index is 1.49. The van der Waals surface area contributed by atoms with E-state index in [4.69, 9.17) is 19.9 Å². The molecule has 7 nitrogen and oxygen atoms in total. The van der Waals surface area contributed by atoms with E-state index in [1.165, 1.54) is 16.5 Å². The van der Waals surface area contributed by atoms with Crippen molar-refractivity contribution in [1.82, 2.24) is 9.88 Å². The first-order valence-corrected chi connectivity index (χ1v) is 12.6. The number of aryl methyl sites for hydroxylation is 1. The number of carbonyl (C=O) groups excluding carboxylic acids is 1. The van der Waals surface area contributed by atoms with Crippen LogP contribution in [0.4, 0.5) is 4.79 Å². The number of amides is 1. The number of nitrogens with zero attached hydrogens (tertiary/aromatic N) is 1. The zero-order valence-corrected chi connectivity index (χ0v) is 22.3. The van der Waals surface area contributed by atoms with Gasteiger partial charge in [-0.2, -0.15) is 0 Å². The predicted octanol–water partition coefficient (Wildman–Crippen LogP) is 5.85. The Hall–Kier alpha value is -3.19. The zero-order valence-electron chi connectivity index (χ0n) is 22.3. The highest BCUT2D eigenvalue weighted by molar-refractivity contribution is 5.91. The second-order valence-corrected chi connectivity index (χ2v) is 10.9. The molecule has 0 radical (unpaired) electrons. The molecule has 1 saturated heterocycles. The monoisotopic (exact) mass is 493 g/mol. The molecule has 0 saturated carbocycles. The fraction of sp³-hybridized carbons (Fsp3) is 0.483. The van der Waals surface area contributed by atoms with Gasteiger partial charge < -0.3 is 24.9 Å². The molecule has 1 atom stereocenters. The number of likely N-dealkylation sites (tertiary alicyclic amines) is 1. The van der Waals surface area contributed by atoms with E-state index in [0.717, 1.165) is 54.2 Å². The number of carbonyl (C=O) groups is 1. The predicted molar refractivity (Wildman–Crippen MR) is 144 cm³/mol. The quantitative estimate of drug-likeness (QED) is 0.431. The average Bonchev–Trinajstić information content (AvgIpc) is 3.18. The summed E-state index contributed by atoms with van der Waals surface area (Å²) in [6.45, 7) is 11.1. The van der Waals surface area contributed by atoms with Crippen LogP contribution in [-0.4, -0.2) is 55.9 Å². The van der Waals surface area contributed by atoms with E-state index < -0.39 is 6.09 Å². The Morgan fingerprint density at radius 1 is 1.08 bits per heavy atom. The number of hydrogen-bond acceptors (Lipinski definition) is 5. The van der Waals surface area contributed by atoms with Crippen molar-refractivity contribution in [3.63, 3.8) is 0 Å². The lowest BCUT2D eigenvalue weighted by Gasteiger charge is -2.38. The second-order valence-electron chi connectivity index (χ2n) is 10.9. The number of nitrogens with one attached hydrogen (secondary N) is 1. The molecule has 36 heavy (non-hydrogen) atoms. The second kappa shape index (κ2) is 10.4. The minimum Gasteiger partial charge on any atom is -0.493 e. The van der Waals surface area contributed by atoms with Gasteiger partial charge in [-0.1, -0.05) is 26.8 Å². The highest BCUT2D eigenvalue weighted by Crippen LogP contribution is 2.37. The van der Waals surface area contributed by atoms with E-state index in [-0.39, 0.29) is 11.5 Å². The number of methoxy groups -OCH3 is 2. The smallest absolute Gasteiger partial charge is 0.404 e. The number of aromatic nitrogens is 1. The van der Waals surface area contributed by atoms with Crippen LogP contribution in [0.1, 0.15) is 50.7 Å². The van der Waals surface area contributed by atoms with Crippen LogP contribution < -0.4 is 15.2 Å². The summed E-state index contributed by atoms with van der Waals surface area (Å²) in [6, 6.07) is 12.8. The first kappa shape index (κ1) is 25.9. The number of H-pyrrole nitrogens is 1. The standard InChI is InChI=1S/C29H39N3O4/c1-18-22-15-20(19-11-13-32(14-12-19)17-26(29(2,3)4)36-28(30)33)7-9-23(22)31-27(18)21-8-10-24(34-5)25(16-21)35-6/h7-10,15-16,19,26,31H,11-14,17H2,1-6H3,(H2,30,33). The molecular weight excluding hydrogens is 454 g/mol. The number of piperidine rings is 1. The van der Waals surface area contributed by atoms with E-state index >= 15 is 0 Å². The molecule has 194 valence electrons. The molecule has 0 bridgehead atoms. The summed E-state index contributed by atoms with van der Waals surface area (Å²) in [5.41, 5.74) is 11.1. The van der Waals surface area contributed by atoms with Crippen LogP contribution in [0.25, 0.3) is 22.2 Å². The number of nitrogens with two attached hydrogens (primary N) is 1. The van der Waals surface area contributed by atoms with Crippen LogP contribution in [0.15, 0.2) is 36.4 Å². The van der Waals surface area contributed by atoms with Crippen molar-refractivity contribution in [1.29, 1.82) is 0 Å². The van der Waals surface area contributed by atoms with Crippen molar-refractivity contribution in [2.24, 2.45) is 11.1 Å². The maximum Gasteiger partial charge on any atom is 0.404 e. The van der Waals surface area contributed by atoms with Gasteiger partial charge in [0.05, 0.1) is 14.2 Å². The third-order valence-electron chi connectivity index (χ3n) is 7.46. The summed E-state index contributed by atoms with van der Waals surface area (Å²) in [5.74, 6) is 1.95. The summed E-state index contributed by atoms with van der Waals surface area (Å²) in [6.07, 6.45) is 1.23. The molecule has 2 heterocycles. The van der Waals surface area contributed by atoms with Gasteiger partial charge in [0.2, 0.25) is 0 Å². The Morgan fingerprint density at radius 2 is 1.78 bits per heavy atom. The molecule has 3 aromatic rings. The van der Waals surface area contributed by atoms with Gasteiger partial charge in [-0.05, 0) is 80.2 Å². The lowest BCUT2D eigenvalue weighted by molar-refractivity contribution is 0.00675. The largest absolute Gasteiger partial charge is 0.493 e. The third-order valence-corrected chi connectivity index (χ3v) is 7.46. The summed E-state index contributed by atoms with van der Waals surface area (Å²) >= 11 is 0. The molecule has 1 aromatic heterocycles. The van der Waals surface area contributed by atoms with Gasteiger partial charge in [0.15, 0.2) is 11.5 Å². The molecule has 0 spiro atoms. The number of primary amides is 1. The molecule has 1 fully saturated rings. The van der Waals surface area contributed by atoms with Crippen LogP contribution in [0.2, 0.25) is 0 Å². The van der Waals surface area contributed by atoms with Crippen LogP contribution in [0, 0.1) is 12.3 Å². The average molecular weight is 494 g/mol. The summed E-state index contributed by atoms with van der Waals surface area (Å²) in [5, 5.41) is 1.25. The summed E-state index contributed by atoms with van der Waals surface area (Å²) in [4.78, 5) is 17.4. The number of aromatic amines is 1. The number of benzene rings is 2. The molecular formula is C29H39N3O4. The van der Waals surface area contributed by atoms with E-state index in [1.54, 1.807) is 14.2 Å². The minimum absolute atomic E-state index is 0.158. The van der Waals surface area contributed by atoms with Crippen LogP contribution in [0.5, 0.6) is 11.5 Å². The molecule has 1 unspecified atom stereocenters. The summed E-state index contributed by atoms with van der Waals surface area (Å²) in [7, 11) is 3.31. The number of fused-ring (bicyclic) bond motifs is 1. The van der Waals surface area contributed by atoms with Gasteiger partial charge in [0, 0.05) is 34.1 Å². The lowest BCUT2D eigenvalue weighted by atomic mass is 9.86. The molecule has 0 aliphatic carbocycles. The highest BCUT2D eigenvalue weighted by Gasteiger charge is 2.31. The molecule has 2 aromatic carbocycles. The number of hydrogen-bond donors (Lipinski definition) is 2. The fourth-order valence-corrected chi connectivity index (χ4v) is 5.19. The highest BCUT2D eigenvalue weighted by atomic mass is 16.6. The van der Waals surface area contributed by atoms with E-state index in [0.29, 0.717) is 12.5 Å². The molecule has 1 aliphatic rings. The van der Waals surface area contributed by atoms with Crippen LogP contribution in [-0.2, 0) is 4.74 Å². The minimum atomic E-state index is -0.701. The third kappa shape index (κ3) is 5.46. The maximum atomic E-state index is 11.4. The van der Waals surface area contributed by atoms with Crippen molar-refractivity contribution >= 4 is 17.0 Å². The van der Waals surface area contributed by atoms with Crippen molar-refractivity contribution in [3.8, 4) is 22.8 Å². The Morgan fingerprint density at radius 3 is 2.39 bits per heavy atom. The van der Waals surface area contributed by atoms with E-state index in [9.17, 15) is 4.79 Å². The van der Waals surface area contributed by atoms with Crippen LogP contribution >= 0.6 is 0 Å². The normalized spacial score (nSPS) is 16.2. The zero-order chi connectivity index (χ0) is 26.0. The molecule has 7 heteroatoms. The van der Waals surface area contributed by atoms with Gasteiger partial charge in [0.25, 0.3) is 0 Å². The molecule has 3 N–H and O–H groups in total. The Bertz CT molecular complexity index is 1220. The van der Waals surface area contributed by atoms with Gasteiger partial charge in [-0.15, -0.1) is 0 Å². The summed E-state index contributed by atoms with van der Waals surface area (Å²) < 4.78 is 16.3. The Kier molecular flexibility index (Phi) is 7.50. The van der Waals surface area contributed by atoms with E-state index in [1.807, 2.05) is 12.1 Å². The van der Waals surface area contributed by atoms with Gasteiger partial charge in [0.1, 0.15) is 6.10 Å². The first-order chi connectivity index (χ1) is 17.1. The topological polar surface area (TPSA) is 89.8 Å². The number of rotatable bonds is 7. The molecule has 1 amide bonds. The molecule has 1 aliphatic heterocycles. The maximum absolute atomic E-state index is 11.4. The van der Waals surface area contributed by atoms with Crippen molar-refractivity contribution in [2.75, 3.05) is 33.9 Å². The fourth-order valence-electron chi connectivity index (χ4n) is 5.19. The lowest BCUT2D eigenvalue weighted by Crippen LogP contribution is -2.45. The van der Waals surface area contributed by atoms with Gasteiger partial charge in [-0.3, -0.25) is 4.90 Å². The van der Waals surface area contributed by atoms with Crippen molar-refractivity contribution < 1.29 is 19.0 Å². The van der Waals surface area contributed by atoms with E-state index in [2.05, 4.69) is 61.8 Å². The Labute approximate surface area is 213 Å². The van der Waals surface area contributed by atoms with Gasteiger partial charge >= 0.3 is 6.09 Å². The first-order valence-electron chi connectivity index (χ1n) is 12.6. The molecule has 4 rings (SSSR count). The van der Waals surface area contributed by atoms with Gasteiger partial charge in [-0.25, -0.2) is 4.79 Å². The van der Waals surface area contributed by atoms with Crippen LogP contribution in [0.3, 0.4) is 0 Å². The SMILES string of the molecule is COc1ccc(-c2[nH]c3ccc(C4CCN(CC(OC(N)=O)C(C)(C)C)CC4)cc3c2C)cc1OC.